The number of likely N-dealkylation sites (tertiary alicyclic amines) is 2. The smallest absolute Gasteiger partial charge is 0.399 e. The second-order valence-corrected chi connectivity index (χ2v) is 15.6. The predicted octanol–water partition coefficient (Wildman–Crippen LogP) is 3.63. The Bertz CT molecular complexity index is 1240. The van der Waals surface area contributed by atoms with Gasteiger partial charge < -0.3 is 23.8 Å². The van der Waals surface area contributed by atoms with Gasteiger partial charge in [0.2, 0.25) is 5.91 Å². The minimum atomic E-state index is -0.585. The first-order valence-electron chi connectivity index (χ1n) is 16.3. The molecule has 0 radical (unpaired) electrons. The molecule has 5 fully saturated rings. The second kappa shape index (κ2) is 9.78. The van der Waals surface area contributed by atoms with Gasteiger partial charge in [0.05, 0.1) is 16.6 Å². The fourth-order valence-corrected chi connectivity index (χ4v) is 8.20. The predicted molar refractivity (Wildman–Crippen MR) is 163 cm³/mol. The Morgan fingerprint density at radius 1 is 0.929 bits per heavy atom. The largest absolute Gasteiger partial charge is 0.494 e. The highest BCUT2D eigenvalue weighted by atomic mass is 16.7. The van der Waals surface area contributed by atoms with E-state index in [2.05, 4.69) is 69.5 Å². The van der Waals surface area contributed by atoms with Gasteiger partial charge in [0.15, 0.2) is 0 Å². The first-order chi connectivity index (χ1) is 19.8. The standard InChI is InChI=1S/C33H48BN3O5/c1-30(2)11-14-36(21-30)23-19-24(20-23)37-26-18-22(34-41-31(3,4)32(5,6)42-34)9-10-25(26)33(29(37)39)12-15-35(16-13-33)28(38)27-8-7-17-40-27/h9-10,18,23-24,27H,7-8,11-17,19-21H2,1-6H3/t23-,24+,27-/m1/s1. The van der Waals surface area contributed by atoms with Crippen LogP contribution in [0.25, 0.3) is 0 Å². The van der Waals surface area contributed by atoms with Crippen molar-refractivity contribution in [3.05, 3.63) is 23.8 Å². The van der Waals surface area contributed by atoms with Gasteiger partial charge >= 0.3 is 7.12 Å². The maximum Gasteiger partial charge on any atom is 0.494 e. The number of benzene rings is 1. The molecule has 1 aromatic carbocycles. The normalized spacial score (nSPS) is 33.0. The van der Waals surface area contributed by atoms with Gasteiger partial charge in [0.1, 0.15) is 6.10 Å². The summed E-state index contributed by atoms with van der Waals surface area (Å²) in [7, 11) is -0.472. The van der Waals surface area contributed by atoms with Crippen molar-refractivity contribution in [2.24, 2.45) is 5.41 Å². The molecule has 5 heterocycles. The lowest BCUT2D eigenvalue weighted by Crippen LogP contribution is -2.58. The summed E-state index contributed by atoms with van der Waals surface area (Å²) in [5.41, 5.74) is 2.03. The molecule has 2 amide bonds. The molecule has 0 N–H and O–H groups in total. The monoisotopic (exact) mass is 577 g/mol. The van der Waals surface area contributed by atoms with Crippen molar-refractivity contribution in [3.63, 3.8) is 0 Å². The van der Waals surface area contributed by atoms with E-state index in [0.29, 0.717) is 44.0 Å². The molecule has 1 saturated carbocycles. The Labute approximate surface area is 251 Å². The number of hydrogen-bond donors (Lipinski definition) is 0. The molecular formula is C33H48BN3O5. The Kier molecular flexibility index (Phi) is 6.71. The van der Waals surface area contributed by atoms with Crippen molar-refractivity contribution in [2.45, 2.75) is 121 Å². The second-order valence-electron chi connectivity index (χ2n) is 15.6. The van der Waals surface area contributed by atoms with Crippen LogP contribution in [0.5, 0.6) is 0 Å². The highest BCUT2D eigenvalue weighted by Crippen LogP contribution is 2.51. The molecule has 1 atom stereocenters. The van der Waals surface area contributed by atoms with Crippen molar-refractivity contribution in [1.82, 2.24) is 9.80 Å². The Hall–Kier alpha value is -1.94. The summed E-state index contributed by atoms with van der Waals surface area (Å²) in [6.07, 6.45) is 6.00. The minimum absolute atomic E-state index is 0.0938. The zero-order valence-electron chi connectivity index (χ0n) is 26.4. The summed E-state index contributed by atoms with van der Waals surface area (Å²) < 4.78 is 18.5. The van der Waals surface area contributed by atoms with Crippen molar-refractivity contribution >= 4 is 30.1 Å². The van der Waals surface area contributed by atoms with Crippen LogP contribution in [0.1, 0.15) is 92.1 Å². The van der Waals surface area contributed by atoms with Gasteiger partial charge in [-0.15, -0.1) is 0 Å². The number of hydrogen-bond acceptors (Lipinski definition) is 6. The maximum atomic E-state index is 14.6. The van der Waals surface area contributed by atoms with E-state index in [1.807, 2.05) is 4.90 Å². The number of nitrogens with zero attached hydrogens (tertiary/aromatic N) is 3. The number of fused-ring (bicyclic) bond motifs is 2. The summed E-state index contributed by atoms with van der Waals surface area (Å²) in [6, 6.07) is 7.16. The minimum Gasteiger partial charge on any atom is -0.399 e. The number of carbonyl (C=O) groups excluding carboxylic acids is 2. The molecule has 5 aliphatic heterocycles. The molecule has 8 nitrogen and oxygen atoms in total. The molecular weight excluding hydrogens is 529 g/mol. The van der Waals surface area contributed by atoms with Crippen molar-refractivity contribution in [2.75, 3.05) is 37.7 Å². The van der Waals surface area contributed by atoms with E-state index in [0.717, 1.165) is 55.5 Å². The Balaban J connectivity index is 1.16. The summed E-state index contributed by atoms with van der Waals surface area (Å²) in [5, 5.41) is 0. The quantitative estimate of drug-likeness (QED) is 0.510. The fourth-order valence-electron chi connectivity index (χ4n) is 8.20. The molecule has 6 aliphatic rings. The molecule has 1 spiro atoms. The fraction of sp³-hybridized carbons (Fsp3) is 0.758. The molecule has 7 rings (SSSR count). The van der Waals surface area contributed by atoms with Gasteiger partial charge in [0.25, 0.3) is 5.91 Å². The summed E-state index contributed by atoms with van der Waals surface area (Å²) in [5.74, 6) is 0.314. The van der Waals surface area contributed by atoms with Crippen LogP contribution in [0.2, 0.25) is 0 Å². The van der Waals surface area contributed by atoms with Crippen LogP contribution in [0, 0.1) is 5.41 Å². The highest BCUT2D eigenvalue weighted by Gasteiger charge is 2.57. The van der Waals surface area contributed by atoms with Crippen molar-refractivity contribution in [3.8, 4) is 0 Å². The molecule has 9 heteroatoms. The maximum absolute atomic E-state index is 14.6. The van der Waals surface area contributed by atoms with Gasteiger partial charge in [-0.25, -0.2) is 0 Å². The van der Waals surface area contributed by atoms with E-state index in [-0.39, 0.29) is 24.0 Å². The zero-order chi connectivity index (χ0) is 29.7. The molecule has 1 aliphatic carbocycles. The highest BCUT2D eigenvalue weighted by molar-refractivity contribution is 6.62. The third kappa shape index (κ3) is 4.48. The molecule has 228 valence electrons. The van der Waals surface area contributed by atoms with Gasteiger partial charge in [-0.05, 0) is 102 Å². The number of anilines is 1. The molecule has 42 heavy (non-hydrogen) atoms. The van der Waals surface area contributed by atoms with Crippen molar-refractivity contribution < 1.29 is 23.6 Å². The van der Waals surface area contributed by atoms with Crippen LogP contribution in [0.3, 0.4) is 0 Å². The SMILES string of the molecule is CC1(C)CCN([C@H]2C[C@@H](N3C(=O)C4(CCN(C(=O)[C@H]5CCCO5)CC4)c4ccc(B5OC(C)(C)C(C)(C)O5)cc43)C2)C1. The van der Waals surface area contributed by atoms with E-state index in [1.54, 1.807) is 0 Å². The number of piperidine rings is 1. The average Bonchev–Trinajstić information content (AvgIpc) is 3.66. The average molecular weight is 578 g/mol. The van der Waals surface area contributed by atoms with Crippen LogP contribution >= 0.6 is 0 Å². The van der Waals surface area contributed by atoms with E-state index in [4.69, 9.17) is 14.0 Å². The zero-order valence-corrected chi connectivity index (χ0v) is 26.4. The van der Waals surface area contributed by atoms with E-state index in [9.17, 15) is 9.59 Å². The lowest BCUT2D eigenvalue weighted by atomic mass is 9.71. The summed E-state index contributed by atoms with van der Waals surface area (Å²) in [6.45, 7) is 17.2. The van der Waals surface area contributed by atoms with Gasteiger partial charge in [-0.3, -0.25) is 14.5 Å². The first-order valence-corrected chi connectivity index (χ1v) is 16.3. The number of amides is 2. The van der Waals surface area contributed by atoms with Gasteiger partial charge in [0, 0.05) is 44.0 Å². The summed E-state index contributed by atoms with van der Waals surface area (Å²) >= 11 is 0. The molecule has 0 aromatic heterocycles. The first kappa shape index (κ1) is 28.8. The van der Waals surface area contributed by atoms with Gasteiger partial charge in [-0.2, -0.15) is 0 Å². The topological polar surface area (TPSA) is 71.6 Å². The van der Waals surface area contributed by atoms with Crippen LogP contribution in [-0.2, 0) is 29.0 Å². The molecule has 4 saturated heterocycles. The molecule has 0 unspecified atom stereocenters. The van der Waals surface area contributed by atoms with E-state index in [1.165, 1.54) is 6.42 Å². The third-order valence-corrected chi connectivity index (χ3v) is 11.8. The number of ether oxygens (including phenoxy) is 1. The van der Waals surface area contributed by atoms with Crippen molar-refractivity contribution in [1.29, 1.82) is 0 Å². The van der Waals surface area contributed by atoms with Crippen LogP contribution in [0.4, 0.5) is 5.69 Å². The molecule has 0 bridgehead atoms. The van der Waals surface area contributed by atoms with Crippen LogP contribution in [-0.4, -0.2) is 90.9 Å². The van der Waals surface area contributed by atoms with E-state index < -0.39 is 23.7 Å². The Morgan fingerprint density at radius 3 is 2.21 bits per heavy atom. The lowest BCUT2D eigenvalue weighted by molar-refractivity contribution is -0.144. The summed E-state index contributed by atoms with van der Waals surface area (Å²) in [4.78, 5) is 34.4. The Morgan fingerprint density at radius 2 is 1.62 bits per heavy atom. The van der Waals surface area contributed by atoms with Crippen LogP contribution in [0.15, 0.2) is 18.2 Å². The van der Waals surface area contributed by atoms with Gasteiger partial charge in [-0.1, -0.05) is 26.0 Å². The lowest BCUT2D eigenvalue weighted by Gasteiger charge is -2.46. The third-order valence-electron chi connectivity index (χ3n) is 11.8. The number of rotatable bonds is 4. The van der Waals surface area contributed by atoms with Crippen LogP contribution < -0.4 is 10.4 Å². The molecule has 1 aromatic rings. The number of carbonyl (C=O) groups is 2. The van der Waals surface area contributed by atoms with E-state index >= 15 is 0 Å².